The zero-order valence-corrected chi connectivity index (χ0v) is 14.8. The molecule has 0 unspecified atom stereocenters. The largest absolute Gasteiger partial charge is 0.354 e. The number of carbonyl (C=O) groups is 1. The predicted molar refractivity (Wildman–Crippen MR) is 96.5 cm³/mol. The molecule has 2 aromatic heterocycles. The van der Waals surface area contributed by atoms with Gasteiger partial charge in [-0.3, -0.25) is 9.78 Å². The van der Waals surface area contributed by atoms with Crippen LogP contribution in [-0.2, 0) is 6.54 Å². The van der Waals surface area contributed by atoms with Crippen molar-refractivity contribution in [3.8, 4) is 0 Å². The van der Waals surface area contributed by atoms with Crippen LogP contribution < -0.4 is 10.2 Å². The summed E-state index contributed by atoms with van der Waals surface area (Å²) >= 11 is 0. The maximum absolute atomic E-state index is 12.1. The molecular formula is C18H24N6O. The molecule has 0 spiro atoms. The van der Waals surface area contributed by atoms with Crippen molar-refractivity contribution in [3.05, 3.63) is 47.7 Å². The van der Waals surface area contributed by atoms with Crippen molar-refractivity contribution in [2.24, 2.45) is 0 Å². The van der Waals surface area contributed by atoms with Crippen LogP contribution in [0, 0.1) is 6.92 Å². The Balaban J connectivity index is 1.52. The molecule has 7 nitrogen and oxygen atoms in total. The van der Waals surface area contributed by atoms with Crippen molar-refractivity contribution in [2.75, 3.05) is 37.6 Å². The zero-order chi connectivity index (χ0) is 17.6. The molecule has 1 aliphatic rings. The summed E-state index contributed by atoms with van der Waals surface area (Å²) < 4.78 is 0. The van der Waals surface area contributed by atoms with Crippen molar-refractivity contribution >= 4 is 11.7 Å². The lowest BCUT2D eigenvalue weighted by Gasteiger charge is -2.34. The summed E-state index contributed by atoms with van der Waals surface area (Å²) in [5.74, 6) is 0.766. The number of hydrogen-bond donors (Lipinski definition) is 1. The molecule has 1 fully saturated rings. The Morgan fingerprint density at radius 3 is 2.48 bits per heavy atom. The minimum atomic E-state index is -0.229. The third-order valence-corrected chi connectivity index (χ3v) is 4.42. The Morgan fingerprint density at radius 2 is 1.88 bits per heavy atom. The Labute approximate surface area is 148 Å². The lowest BCUT2D eigenvalue weighted by Crippen LogP contribution is -2.46. The zero-order valence-electron chi connectivity index (χ0n) is 14.8. The van der Waals surface area contributed by atoms with Gasteiger partial charge in [0.1, 0.15) is 11.5 Å². The summed E-state index contributed by atoms with van der Waals surface area (Å²) in [6.07, 6.45) is 4.90. The first-order valence-electron chi connectivity index (χ1n) is 8.65. The van der Waals surface area contributed by atoms with E-state index in [9.17, 15) is 4.79 Å². The van der Waals surface area contributed by atoms with E-state index in [-0.39, 0.29) is 5.91 Å². The first-order chi connectivity index (χ1) is 12.2. The number of aryl methyl sites for hydroxylation is 1. The predicted octanol–water partition coefficient (Wildman–Crippen LogP) is 1.25. The summed E-state index contributed by atoms with van der Waals surface area (Å²) in [5, 5.41) is 2.85. The summed E-state index contributed by atoms with van der Waals surface area (Å²) in [5.41, 5.74) is 2.07. The second-order valence-corrected chi connectivity index (χ2v) is 6.17. The van der Waals surface area contributed by atoms with E-state index in [1.807, 2.05) is 25.3 Å². The number of piperazine rings is 1. The second kappa shape index (κ2) is 8.02. The Bertz CT molecular complexity index is 693. The van der Waals surface area contributed by atoms with E-state index < -0.39 is 0 Å². The molecule has 3 rings (SSSR count). The molecule has 2 aromatic rings. The highest BCUT2D eigenvalue weighted by Gasteiger charge is 2.16. The fourth-order valence-corrected chi connectivity index (χ4v) is 2.78. The number of nitrogens with zero attached hydrogens (tertiary/aromatic N) is 5. The molecule has 3 heterocycles. The van der Waals surface area contributed by atoms with E-state index in [2.05, 4.69) is 37.0 Å². The maximum atomic E-state index is 12.1. The van der Waals surface area contributed by atoms with Crippen molar-refractivity contribution in [1.82, 2.24) is 25.2 Å². The van der Waals surface area contributed by atoms with E-state index >= 15 is 0 Å². The number of hydrogen-bond acceptors (Lipinski definition) is 6. The van der Waals surface area contributed by atoms with Crippen LogP contribution >= 0.6 is 0 Å². The lowest BCUT2D eigenvalue weighted by atomic mass is 10.2. The van der Waals surface area contributed by atoms with Crippen LogP contribution in [0.25, 0.3) is 0 Å². The molecule has 1 amide bonds. The van der Waals surface area contributed by atoms with Crippen molar-refractivity contribution in [2.45, 2.75) is 20.4 Å². The Morgan fingerprint density at radius 1 is 1.08 bits per heavy atom. The van der Waals surface area contributed by atoms with Crippen LogP contribution in [0.1, 0.15) is 28.7 Å². The van der Waals surface area contributed by atoms with Gasteiger partial charge in [0, 0.05) is 45.1 Å². The molecular weight excluding hydrogens is 316 g/mol. The van der Waals surface area contributed by atoms with Crippen LogP contribution in [0.15, 0.2) is 30.7 Å². The van der Waals surface area contributed by atoms with Crippen molar-refractivity contribution in [3.63, 3.8) is 0 Å². The Kier molecular flexibility index (Phi) is 5.55. The normalized spacial score (nSPS) is 15.2. The van der Waals surface area contributed by atoms with Gasteiger partial charge in [0.05, 0.1) is 11.9 Å². The minimum absolute atomic E-state index is 0.229. The molecule has 25 heavy (non-hydrogen) atoms. The molecule has 0 aliphatic carbocycles. The van der Waals surface area contributed by atoms with Crippen LogP contribution in [0.4, 0.5) is 5.82 Å². The van der Waals surface area contributed by atoms with Gasteiger partial charge in [-0.15, -0.1) is 0 Å². The number of nitrogens with one attached hydrogen (secondary N) is 1. The molecule has 0 radical (unpaired) electrons. The van der Waals surface area contributed by atoms with Crippen molar-refractivity contribution < 1.29 is 4.79 Å². The standard InChI is InChI=1S/C18H24N6O/c1-3-23-6-8-24(9-7-23)17-5-4-15(11-21-17)12-22-18(25)16-13-19-14(2)10-20-16/h4-5,10-11,13H,3,6-9,12H2,1-2H3,(H,22,25). The number of carbonyl (C=O) groups excluding carboxylic acids is 1. The summed E-state index contributed by atoms with van der Waals surface area (Å²) in [7, 11) is 0. The van der Waals surface area contributed by atoms with Gasteiger partial charge in [-0.05, 0) is 25.1 Å². The number of rotatable bonds is 5. The lowest BCUT2D eigenvalue weighted by molar-refractivity contribution is 0.0945. The topological polar surface area (TPSA) is 74.2 Å². The highest BCUT2D eigenvalue weighted by molar-refractivity contribution is 5.91. The van der Waals surface area contributed by atoms with Gasteiger partial charge in [-0.25, -0.2) is 9.97 Å². The molecule has 132 valence electrons. The van der Waals surface area contributed by atoms with Crippen LogP contribution in [0.2, 0.25) is 0 Å². The van der Waals surface area contributed by atoms with Gasteiger partial charge in [0.25, 0.3) is 5.91 Å². The molecule has 0 saturated carbocycles. The van der Waals surface area contributed by atoms with Gasteiger partial charge in [0.15, 0.2) is 0 Å². The smallest absolute Gasteiger partial charge is 0.271 e. The number of pyridine rings is 1. The third kappa shape index (κ3) is 4.51. The van der Waals surface area contributed by atoms with E-state index in [1.165, 1.54) is 6.20 Å². The molecule has 7 heteroatoms. The fourth-order valence-electron chi connectivity index (χ4n) is 2.78. The second-order valence-electron chi connectivity index (χ2n) is 6.17. The van der Waals surface area contributed by atoms with Crippen molar-refractivity contribution in [1.29, 1.82) is 0 Å². The summed E-state index contributed by atoms with van der Waals surface area (Å²) in [6, 6.07) is 4.03. The summed E-state index contributed by atoms with van der Waals surface area (Å²) in [6.45, 7) is 9.72. The highest BCUT2D eigenvalue weighted by atomic mass is 16.1. The van der Waals surface area contributed by atoms with Gasteiger partial charge in [-0.1, -0.05) is 13.0 Å². The van der Waals surface area contributed by atoms with E-state index in [0.29, 0.717) is 12.2 Å². The molecule has 0 atom stereocenters. The van der Waals surface area contributed by atoms with Gasteiger partial charge < -0.3 is 15.1 Å². The first-order valence-corrected chi connectivity index (χ1v) is 8.65. The molecule has 1 N–H and O–H groups in total. The summed E-state index contributed by atoms with van der Waals surface area (Å²) in [4.78, 5) is 29.5. The third-order valence-electron chi connectivity index (χ3n) is 4.42. The average molecular weight is 340 g/mol. The van der Waals surface area contributed by atoms with Gasteiger partial charge >= 0.3 is 0 Å². The van der Waals surface area contributed by atoms with Crippen LogP contribution in [-0.4, -0.2) is 58.5 Å². The number of likely N-dealkylation sites (N-methyl/N-ethyl adjacent to an activating group) is 1. The van der Waals surface area contributed by atoms with Gasteiger partial charge in [0.2, 0.25) is 0 Å². The van der Waals surface area contributed by atoms with E-state index in [0.717, 1.165) is 49.8 Å². The van der Waals surface area contributed by atoms with E-state index in [4.69, 9.17) is 0 Å². The van der Waals surface area contributed by atoms with Crippen LogP contribution in [0.5, 0.6) is 0 Å². The quantitative estimate of drug-likeness (QED) is 0.883. The SMILES string of the molecule is CCN1CCN(c2ccc(CNC(=O)c3cnc(C)cn3)cn2)CC1. The number of amides is 1. The average Bonchev–Trinajstić information content (AvgIpc) is 2.67. The van der Waals surface area contributed by atoms with Gasteiger partial charge in [-0.2, -0.15) is 0 Å². The number of aromatic nitrogens is 3. The molecule has 1 aliphatic heterocycles. The van der Waals surface area contributed by atoms with E-state index in [1.54, 1.807) is 6.20 Å². The maximum Gasteiger partial charge on any atom is 0.271 e. The number of anilines is 1. The minimum Gasteiger partial charge on any atom is -0.354 e. The van der Waals surface area contributed by atoms with Crippen LogP contribution in [0.3, 0.4) is 0 Å². The molecule has 0 bridgehead atoms. The Hall–Kier alpha value is -2.54. The first kappa shape index (κ1) is 17.3. The molecule has 0 aromatic carbocycles. The molecule has 1 saturated heterocycles. The fraction of sp³-hybridized carbons (Fsp3) is 0.444. The highest BCUT2D eigenvalue weighted by Crippen LogP contribution is 2.14. The monoisotopic (exact) mass is 340 g/mol.